The van der Waals surface area contributed by atoms with Crippen molar-refractivity contribution in [1.29, 1.82) is 5.26 Å². The number of hydrogen-bond acceptors (Lipinski definition) is 6. The summed E-state index contributed by atoms with van der Waals surface area (Å²) in [5.74, 6) is -0.834. The average molecular weight is 405 g/mol. The van der Waals surface area contributed by atoms with Crippen LogP contribution < -0.4 is 21.1 Å². The number of nitriles is 1. The maximum Gasteiger partial charge on any atom is 0.290 e. The van der Waals surface area contributed by atoms with Crippen LogP contribution in [0.5, 0.6) is 5.75 Å². The Morgan fingerprint density at radius 2 is 1.80 bits per heavy atom. The summed E-state index contributed by atoms with van der Waals surface area (Å²) in [5.41, 5.74) is 4.80. The van der Waals surface area contributed by atoms with Crippen LogP contribution in [-0.4, -0.2) is 27.7 Å². The smallest absolute Gasteiger partial charge is 0.290 e. The van der Waals surface area contributed by atoms with Crippen LogP contribution in [0.4, 0.5) is 0 Å². The maximum absolute atomic E-state index is 12.6. The van der Waals surface area contributed by atoms with Crippen LogP contribution in [0.2, 0.25) is 0 Å². The van der Waals surface area contributed by atoms with E-state index < -0.39 is 17.9 Å². The van der Waals surface area contributed by atoms with Crippen LogP contribution in [0, 0.1) is 11.3 Å². The van der Waals surface area contributed by atoms with Crippen molar-refractivity contribution in [2.75, 3.05) is 0 Å². The number of carbonyl (C=O) groups excluding carboxylic acids is 2. The minimum absolute atomic E-state index is 0.0213. The van der Waals surface area contributed by atoms with Crippen molar-refractivity contribution in [1.82, 2.24) is 20.6 Å². The predicted molar refractivity (Wildman–Crippen MR) is 109 cm³/mol. The molecule has 0 aliphatic heterocycles. The summed E-state index contributed by atoms with van der Waals surface area (Å²) >= 11 is 0. The molecule has 0 radical (unpaired) electrons. The van der Waals surface area contributed by atoms with Gasteiger partial charge in [0.15, 0.2) is 11.8 Å². The summed E-state index contributed by atoms with van der Waals surface area (Å²) in [6.07, 6.45) is -0.910. The van der Waals surface area contributed by atoms with E-state index in [4.69, 9.17) is 10.00 Å². The molecule has 0 unspecified atom stereocenters. The molecule has 9 heteroatoms. The highest BCUT2D eigenvalue weighted by atomic mass is 16.5. The van der Waals surface area contributed by atoms with Gasteiger partial charge in [-0.3, -0.25) is 25.2 Å². The highest BCUT2D eigenvalue weighted by Gasteiger charge is 2.19. The Morgan fingerprint density at radius 3 is 2.43 bits per heavy atom. The predicted octanol–water partition coefficient (Wildman–Crippen LogP) is 1.52. The van der Waals surface area contributed by atoms with Crippen molar-refractivity contribution in [3.05, 3.63) is 70.1 Å². The lowest BCUT2D eigenvalue weighted by molar-refractivity contribution is -0.128. The number of nitrogens with zero attached hydrogens (tertiary/aromatic N) is 3. The quantitative estimate of drug-likeness (QED) is 0.620. The molecular weight excluding hydrogens is 386 g/mol. The van der Waals surface area contributed by atoms with Crippen molar-refractivity contribution in [3.8, 4) is 11.8 Å². The third kappa shape index (κ3) is 4.28. The third-order valence-electron chi connectivity index (χ3n) is 4.35. The number of carbonyl (C=O) groups is 2. The zero-order chi connectivity index (χ0) is 21.7. The molecule has 1 atom stereocenters. The molecule has 0 fully saturated rings. The first-order chi connectivity index (χ1) is 14.4. The van der Waals surface area contributed by atoms with Crippen molar-refractivity contribution < 1.29 is 14.3 Å². The molecule has 1 heterocycles. The van der Waals surface area contributed by atoms with Crippen LogP contribution in [0.25, 0.3) is 10.8 Å². The van der Waals surface area contributed by atoms with Gasteiger partial charge in [0.1, 0.15) is 5.75 Å². The number of ether oxygens (including phenoxy) is 1. The standard InChI is InChI=1S/C21H19N5O4/c1-3-26-21(29)17-7-5-4-6-16(17)18(25-26)20(28)24-23-19(27)13(2)30-15-10-8-14(12-22)9-11-15/h4-11,13H,3H2,1-2H3,(H,23,27)(H,24,28)/t13-/m1/s1. The van der Waals surface area contributed by atoms with Gasteiger partial charge in [0.25, 0.3) is 17.4 Å². The zero-order valence-electron chi connectivity index (χ0n) is 16.4. The monoisotopic (exact) mass is 405 g/mol. The molecule has 2 aromatic carbocycles. The molecule has 0 saturated heterocycles. The maximum atomic E-state index is 12.6. The van der Waals surface area contributed by atoms with Crippen molar-refractivity contribution in [2.24, 2.45) is 0 Å². The van der Waals surface area contributed by atoms with E-state index in [1.54, 1.807) is 55.5 Å². The zero-order valence-corrected chi connectivity index (χ0v) is 16.4. The van der Waals surface area contributed by atoms with Crippen LogP contribution in [0.15, 0.2) is 53.3 Å². The molecule has 9 nitrogen and oxygen atoms in total. The van der Waals surface area contributed by atoms with Crippen molar-refractivity contribution >= 4 is 22.6 Å². The topological polar surface area (TPSA) is 126 Å². The van der Waals surface area contributed by atoms with E-state index in [1.807, 2.05) is 6.07 Å². The number of hydrogen-bond donors (Lipinski definition) is 2. The molecular formula is C21H19N5O4. The first-order valence-electron chi connectivity index (χ1n) is 9.21. The average Bonchev–Trinajstić information content (AvgIpc) is 2.78. The van der Waals surface area contributed by atoms with Gasteiger partial charge in [-0.1, -0.05) is 18.2 Å². The van der Waals surface area contributed by atoms with Gasteiger partial charge >= 0.3 is 0 Å². The molecule has 152 valence electrons. The molecule has 2 N–H and O–H groups in total. The summed E-state index contributed by atoms with van der Waals surface area (Å²) in [6, 6.07) is 14.9. The summed E-state index contributed by atoms with van der Waals surface area (Å²) in [6.45, 7) is 3.56. The summed E-state index contributed by atoms with van der Waals surface area (Å²) in [7, 11) is 0. The second-order valence-electron chi connectivity index (χ2n) is 6.35. The van der Waals surface area contributed by atoms with Gasteiger partial charge in [0, 0.05) is 11.9 Å². The fourth-order valence-electron chi connectivity index (χ4n) is 2.76. The lowest BCUT2D eigenvalue weighted by Crippen LogP contribution is -2.47. The molecule has 30 heavy (non-hydrogen) atoms. The minimum atomic E-state index is -0.910. The van der Waals surface area contributed by atoms with Crippen LogP contribution >= 0.6 is 0 Å². The highest BCUT2D eigenvalue weighted by molar-refractivity contribution is 6.05. The Balaban J connectivity index is 1.70. The summed E-state index contributed by atoms with van der Waals surface area (Å²) in [5, 5.41) is 13.7. The molecule has 0 aliphatic carbocycles. The van der Waals surface area contributed by atoms with E-state index in [0.717, 1.165) is 0 Å². The second kappa shape index (κ2) is 8.87. The lowest BCUT2D eigenvalue weighted by atomic mass is 10.1. The number of benzene rings is 2. The van der Waals surface area contributed by atoms with Gasteiger partial charge in [-0.05, 0) is 44.2 Å². The van der Waals surface area contributed by atoms with Gasteiger partial charge in [-0.2, -0.15) is 10.4 Å². The number of nitrogens with one attached hydrogen (secondary N) is 2. The fourth-order valence-corrected chi connectivity index (χ4v) is 2.76. The number of rotatable bonds is 5. The molecule has 1 aromatic heterocycles. The largest absolute Gasteiger partial charge is 0.481 e. The van der Waals surface area contributed by atoms with E-state index >= 15 is 0 Å². The summed E-state index contributed by atoms with van der Waals surface area (Å²) in [4.78, 5) is 37.3. The lowest BCUT2D eigenvalue weighted by Gasteiger charge is -2.15. The molecule has 0 saturated carbocycles. The van der Waals surface area contributed by atoms with E-state index in [9.17, 15) is 14.4 Å². The van der Waals surface area contributed by atoms with Gasteiger partial charge in [0.05, 0.1) is 17.0 Å². The molecule has 3 aromatic rings. The fraction of sp³-hybridized carbons (Fsp3) is 0.190. The van der Waals surface area contributed by atoms with Crippen LogP contribution in [0.1, 0.15) is 29.9 Å². The van der Waals surface area contributed by atoms with Crippen LogP contribution in [-0.2, 0) is 11.3 Å². The van der Waals surface area contributed by atoms with Gasteiger partial charge in [-0.25, -0.2) is 4.68 Å². The Hall–Kier alpha value is -4.19. The van der Waals surface area contributed by atoms with E-state index in [-0.39, 0.29) is 11.3 Å². The SMILES string of the molecule is CCn1nc(C(=O)NNC(=O)[C@@H](C)Oc2ccc(C#N)cc2)c2ccccc2c1=O. The molecule has 2 amide bonds. The Morgan fingerprint density at radius 1 is 1.13 bits per heavy atom. The number of hydrazine groups is 1. The number of fused-ring (bicyclic) bond motifs is 1. The molecule has 3 rings (SSSR count). The van der Waals surface area contributed by atoms with Crippen LogP contribution in [0.3, 0.4) is 0 Å². The normalized spacial score (nSPS) is 11.4. The minimum Gasteiger partial charge on any atom is -0.481 e. The van der Waals surface area contributed by atoms with Gasteiger partial charge in [0.2, 0.25) is 0 Å². The number of aromatic nitrogens is 2. The molecule has 0 aliphatic rings. The third-order valence-corrected chi connectivity index (χ3v) is 4.35. The second-order valence-corrected chi connectivity index (χ2v) is 6.35. The van der Waals surface area contributed by atoms with Crippen molar-refractivity contribution in [3.63, 3.8) is 0 Å². The first-order valence-corrected chi connectivity index (χ1v) is 9.21. The highest BCUT2D eigenvalue weighted by Crippen LogP contribution is 2.14. The Kier molecular flexibility index (Phi) is 6.08. The van der Waals surface area contributed by atoms with Crippen molar-refractivity contribution in [2.45, 2.75) is 26.5 Å². The number of aryl methyl sites for hydroxylation is 1. The van der Waals surface area contributed by atoms with E-state index in [0.29, 0.717) is 28.6 Å². The van der Waals surface area contributed by atoms with Gasteiger partial charge in [-0.15, -0.1) is 0 Å². The van der Waals surface area contributed by atoms with E-state index in [1.165, 1.54) is 11.6 Å². The Labute approximate surface area is 171 Å². The van der Waals surface area contributed by atoms with Gasteiger partial charge < -0.3 is 4.74 Å². The summed E-state index contributed by atoms with van der Waals surface area (Å²) < 4.78 is 6.69. The van der Waals surface area contributed by atoms with E-state index in [2.05, 4.69) is 16.0 Å². The first kappa shape index (κ1) is 20.5. The Bertz CT molecular complexity index is 1190. The molecule has 0 spiro atoms. The number of amides is 2. The molecule has 0 bridgehead atoms.